The van der Waals surface area contributed by atoms with E-state index < -0.39 is 0 Å². The van der Waals surface area contributed by atoms with E-state index >= 15 is 0 Å². The normalized spacial score (nSPS) is 10.9. The lowest BCUT2D eigenvalue weighted by Gasteiger charge is -2.14. The van der Waals surface area contributed by atoms with Gasteiger partial charge in [0.1, 0.15) is 12.4 Å². The third-order valence-electron chi connectivity index (χ3n) is 3.85. The smallest absolute Gasteiger partial charge is 0.221 e. The topological polar surface area (TPSA) is 93.2 Å². The largest absolute Gasteiger partial charge is 0.493 e. The lowest BCUT2D eigenvalue weighted by molar-refractivity contribution is -0.114. The van der Waals surface area contributed by atoms with Gasteiger partial charge in [0.2, 0.25) is 5.91 Å². The predicted octanol–water partition coefficient (Wildman–Crippen LogP) is 3.51. The second-order valence-electron chi connectivity index (χ2n) is 6.24. The summed E-state index contributed by atoms with van der Waals surface area (Å²) in [7, 11) is 1.61. The summed E-state index contributed by atoms with van der Waals surface area (Å²) in [5.74, 6) is 2.54. The van der Waals surface area contributed by atoms with E-state index in [1.165, 1.54) is 6.92 Å². The first kappa shape index (κ1) is 22.9. The third kappa shape index (κ3) is 7.54. The van der Waals surface area contributed by atoms with Crippen molar-refractivity contribution in [2.45, 2.75) is 20.8 Å². The van der Waals surface area contributed by atoms with Gasteiger partial charge in [-0.2, -0.15) is 0 Å². The van der Waals surface area contributed by atoms with E-state index in [1.54, 1.807) is 13.2 Å². The van der Waals surface area contributed by atoms with E-state index in [0.29, 0.717) is 48.7 Å². The molecule has 0 saturated carbocycles. The zero-order valence-electron chi connectivity index (χ0n) is 18.0. The Morgan fingerprint density at radius 1 is 1.00 bits per heavy atom. The molecule has 0 aliphatic rings. The van der Waals surface area contributed by atoms with Crippen LogP contribution in [-0.4, -0.2) is 45.3 Å². The highest BCUT2D eigenvalue weighted by atomic mass is 16.5. The maximum atomic E-state index is 11.2. The molecule has 0 aliphatic heterocycles. The standard InChI is InChI=1S/C22H30N4O4/c1-5-23-22(26-18-10-11-20(28-4)21(15-18)29-6-2)24-12-13-30-19-9-7-8-17(14-19)25-16(3)27/h7-11,14-15H,5-6,12-13H2,1-4H3,(H,25,27)(H2,23,24,26). The minimum atomic E-state index is -0.121. The Morgan fingerprint density at radius 3 is 2.50 bits per heavy atom. The second-order valence-corrected chi connectivity index (χ2v) is 6.24. The summed E-state index contributed by atoms with van der Waals surface area (Å²) in [6, 6.07) is 12.9. The molecule has 2 rings (SSSR count). The van der Waals surface area contributed by atoms with Crippen molar-refractivity contribution < 1.29 is 19.0 Å². The summed E-state index contributed by atoms with van der Waals surface area (Å²) in [6.45, 7) is 7.52. The van der Waals surface area contributed by atoms with Crippen LogP contribution in [0.15, 0.2) is 47.5 Å². The van der Waals surface area contributed by atoms with Gasteiger partial charge in [0.15, 0.2) is 17.5 Å². The van der Waals surface area contributed by atoms with Crippen molar-refractivity contribution in [2.24, 2.45) is 4.99 Å². The number of hydrogen-bond donors (Lipinski definition) is 3. The highest BCUT2D eigenvalue weighted by Gasteiger charge is 2.07. The summed E-state index contributed by atoms with van der Waals surface area (Å²) in [6.07, 6.45) is 0. The van der Waals surface area contributed by atoms with E-state index in [2.05, 4.69) is 20.9 Å². The number of hydrogen-bond acceptors (Lipinski definition) is 5. The molecule has 0 radical (unpaired) electrons. The van der Waals surface area contributed by atoms with Crippen LogP contribution in [0.4, 0.5) is 11.4 Å². The molecule has 0 unspecified atom stereocenters. The van der Waals surface area contributed by atoms with E-state index in [-0.39, 0.29) is 5.91 Å². The molecule has 3 N–H and O–H groups in total. The van der Waals surface area contributed by atoms with E-state index in [9.17, 15) is 4.79 Å². The minimum absolute atomic E-state index is 0.121. The highest BCUT2D eigenvalue weighted by molar-refractivity contribution is 5.94. The van der Waals surface area contributed by atoms with Crippen molar-refractivity contribution in [3.63, 3.8) is 0 Å². The number of carbonyl (C=O) groups is 1. The van der Waals surface area contributed by atoms with Crippen LogP contribution in [0.3, 0.4) is 0 Å². The van der Waals surface area contributed by atoms with Crippen LogP contribution in [-0.2, 0) is 4.79 Å². The zero-order chi connectivity index (χ0) is 21.8. The minimum Gasteiger partial charge on any atom is -0.493 e. The van der Waals surface area contributed by atoms with Crippen molar-refractivity contribution in [1.82, 2.24) is 5.32 Å². The number of anilines is 2. The molecule has 0 bridgehead atoms. The lowest BCUT2D eigenvalue weighted by Crippen LogP contribution is -2.31. The molecule has 2 aromatic carbocycles. The lowest BCUT2D eigenvalue weighted by atomic mass is 10.2. The molecule has 8 nitrogen and oxygen atoms in total. The number of nitrogens with zero attached hydrogens (tertiary/aromatic N) is 1. The number of aliphatic imine (C=N–C) groups is 1. The number of benzene rings is 2. The fourth-order valence-electron chi connectivity index (χ4n) is 2.65. The number of nitrogens with one attached hydrogen (secondary N) is 3. The second kappa shape index (κ2) is 12.2. The van der Waals surface area contributed by atoms with Gasteiger partial charge in [-0.05, 0) is 38.1 Å². The first-order valence-electron chi connectivity index (χ1n) is 9.92. The van der Waals surface area contributed by atoms with Crippen LogP contribution < -0.4 is 30.2 Å². The van der Waals surface area contributed by atoms with Crippen LogP contribution in [0.5, 0.6) is 17.2 Å². The Kier molecular flexibility index (Phi) is 9.30. The summed E-state index contributed by atoms with van der Waals surface area (Å²) in [5, 5.41) is 9.20. The predicted molar refractivity (Wildman–Crippen MR) is 120 cm³/mol. The molecule has 0 aromatic heterocycles. The average molecular weight is 415 g/mol. The monoisotopic (exact) mass is 414 g/mol. The summed E-state index contributed by atoms with van der Waals surface area (Å²) in [4.78, 5) is 15.7. The molecule has 30 heavy (non-hydrogen) atoms. The van der Waals surface area contributed by atoms with Crippen LogP contribution in [0.2, 0.25) is 0 Å². The highest BCUT2D eigenvalue weighted by Crippen LogP contribution is 2.30. The van der Waals surface area contributed by atoms with Crippen molar-refractivity contribution in [3.8, 4) is 17.2 Å². The van der Waals surface area contributed by atoms with Crippen LogP contribution >= 0.6 is 0 Å². The van der Waals surface area contributed by atoms with Crippen molar-refractivity contribution in [2.75, 3.05) is 44.0 Å². The van der Waals surface area contributed by atoms with Gasteiger partial charge in [-0.15, -0.1) is 0 Å². The molecule has 8 heteroatoms. The SMILES string of the molecule is CCNC(=NCCOc1cccc(NC(C)=O)c1)Nc1ccc(OC)c(OCC)c1. The van der Waals surface area contributed by atoms with Gasteiger partial charge in [0, 0.05) is 37.0 Å². The van der Waals surface area contributed by atoms with Crippen LogP contribution in [0.1, 0.15) is 20.8 Å². The molecular weight excluding hydrogens is 384 g/mol. The molecule has 0 fully saturated rings. The van der Waals surface area contributed by atoms with Gasteiger partial charge < -0.3 is 30.2 Å². The average Bonchev–Trinajstić information content (AvgIpc) is 2.71. The molecule has 2 aromatic rings. The van der Waals surface area contributed by atoms with E-state index in [1.807, 2.05) is 50.2 Å². The van der Waals surface area contributed by atoms with Gasteiger partial charge in [-0.3, -0.25) is 4.79 Å². The first-order valence-corrected chi connectivity index (χ1v) is 9.92. The van der Waals surface area contributed by atoms with E-state index in [4.69, 9.17) is 14.2 Å². The Bertz CT molecular complexity index is 855. The first-order chi connectivity index (χ1) is 14.5. The molecule has 0 aliphatic carbocycles. The maximum Gasteiger partial charge on any atom is 0.221 e. The zero-order valence-corrected chi connectivity index (χ0v) is 18.0. The van der Waals surface area contributed by atoms with Gasteiger partial charge in [-0.25, -0.2) is 4.99 Å². The molecule has 0 atom stereocenters. The number of carbonyl (C=O) groups excluding carboxylic acids is 1. The quantitative estimate of drug-likeness (QED) is 0.313. The Labute approximate surface area is 177 Å². The maximum absolute atomic E-state index is 11.2. The molecule has 162 valence electrons. The van der Waals surface area contributed by atoms with E-state index in [0.717, 1.165) is 12.2 Å². The van der Waals surface area contributed by atoms with Crippen molar-refractivity contribution >= 4 is 23.2 Å². The van der Waals surface area contributed by atoms with Gasteiger partial charge in [0.05, 0.1) is 20.3 Å². The summed E-state index contributed by atoms with van der Waals surface area (Å²) >= 11 is 0. The van der Waals surface area contributed by atoms with Crippen molar-refractivity contribution in [1.29, 1.82) is 0 Å². The number of amides is 1. The number of rotatable bonds is 10. The van der Waals surface area contributed by atoms with Crippen molar-refractivity contribution in [3.05, 3.63) is 42.5 Å². The number of ether oxygens (including phenoxy) is 3. The number of guanidine groups is 1. The molecular formula is C22H30N4O4. The fourth-order valence-corrected chi connectivity index (χ4v) is 2.65. The third-order valence-corrected chi connectivity index (χ3v) is 3.85. The van der Waals surface area contributed by atoms with Gasteiger partial charge >= 0.3 is 0 Å². The molecule has 0 heterocycles. The Morgan fingerprint density at radius 2 is 1.80 bits per heavy atom. The molecule has 0 spiro atoms. The summed E-state index contributed by atoms with van der Waals surface area (Å²) in [5.41, 5.74) is 1.53. The van der Waals surface area contributed by atoms with Gasteiger partial charge in [0.25, 0.3) is 0 Å². The number of methoxy groups -OCH3 is 1. The Balaban J connectivity index is 1.96. The van der Waals surface area contributed by atoms with Gasteiger partial charge in [-0.1, -0.05) is 6.07 Å². The fraction of sp³-hybridized carbons (Fsp3) is 0.364. The Hall–Kier alpha value is -3.42. The molecule has 1 amide bonds. The van der Waals surface area contributed by atoms with Crippen LogP contribution in [0, 0.1) is 0 Å². The van der Waals surface area contributed by atoms with Crippen LogP contribution in [0.25, 0.3) is 0 Å². The molecule has 0 saturated heterocycles. The summed E-state index contributed by atoms with van der Waals surface area (Å²) < 4.78 is 16.7.